The summed E-state index contributed by atoms with van der Waals surface area (Å²) in [6, 6.07) is 1.96. The molecule has 5 nitrogen and oxygen atoms in total. The van der Waals surface area contributed by atoms with Crippen molar-refractivity contribution in [1.29, 1.82) is 0 Å². The predicted octanol–water partition coefficient (Wildman–Crippen LogP) is 1.39. The zero-order valence-electron chi connectivity index (χ0n) is 10.3. The molecular formula is C11H20N4O. The van der Waals surface area contributed by atoms with Crippen LogP contribution in [0.25, 0.3) is 0 Å². The summed E-state index contributed by atoms with van der Waals surface area (Å²) in [5, 5.41) is 6.96. The van der Waals surface area contributed by atoms with Gasteiger partial charge in [-0.25, -0.2) is 4.68 Å². The van der Waals surface area contributed by atoms with E-state index in [1.807, 2.05) is 4.68 Å². The van der Waals surface area contributed by atoms with E-state index in [1.165, 1.54) is 0 Å². The van der Waals surface area contributed by atoms with Crippen LogP contribution in [0.4, 0.5) is 5.82 Å². The molecule has 5 heteroatoms. The topological polar surface area (TPSA) is 72.9 Å². The Morgan fingerprint density at radius 3 is 2.75 bits per heavy atom. The van der Waals surface area contributed by atoms with Gasteiger partial charge in [0.1, 0.15) is 5.82 Å². The number of amides is 1. The zero-order chi connectivity index (χ0) is 12.3. The highest BCUT2D eigenvalue weighted by atomic mass is 16.1. The lowest BCUT2D eigenvalue weighted by atomic mass is 9.88. The minimum absolute atomic E-state index is 0.0188. The van der Waals surface area contributed by atoms with Gasteiger partial charge in [-0.15, -0.1) is 0 Å². The number of aromatic nitrogens is 2. The summed E-state index contributed by atoms with van der Waals surface area (Å²) in [5.74, 6) is 0.487. The van der Waals surface area contributed by atoms with Crippen LogP contribution in [0, 0.1) is 5.41 Å². The average Bonchev–Trinajstić information content (AvgIpc) is 2.63. The van der Waals surface area contributed by atoms with Crippen molar-refractivity contribution >= 4 is 11.7 Å². The SMILES string of the molecule is C[C@H](n1nccc1NC(=O)CN)C(C)(C)C. The molecule has 1 aromatic heterocycles. The van der Waals surface area contributed by atoms with Gasteiger partial charge in [-0.1, -0.05) is 20.8 Å². The van der Waals surface area contributed by atoms with Crippen LogP contribution in [0.2, 0.25) is 0 Å². The molecule has 1 aromatic rings. The van der Waals surface area contributed by atoms with E-state index in [0.29, 0.717) is 5.82 Å². The second-order valence-corrected chi connectivity index (χ2v) is 4.96. The number of anilines is 1. The molecule has 0 radical (unpaired) electrons. The number of hydrogen-bond acceptors (Lipinski definition) is 3. The van der Waals surface area contributed by atoms with E-state index >= 15 is 0 Å². The fraction of sp³-hybridized carbons (Fsp3) is 0.636. The van der Waals surface area contributed by atoms with Gasteiger partial charge in [0, 0.05) is 6.07 Å². The van der Waals surface area contributed by atoms with Crippen LogP contribution in [0.5, 0.6) is 0 Å². The van der Waals surface area contributed by atoms with Crippen LogP contribution in [0.15, 0.2) is 12.3 Å². The fourth-order valence-corrected chi connectivity index (χ4v) is 1.28. The van der Waals surface area contributed by atoms with Gasteiger partial charge in [-0.3, -0.25) is 4.79 Å². The molecule has 0 aliphatic heterocycles. The largest absolute Gasteiger partial charge is 0.322 e. The number of rotatable bonds is 3. The van der Waals surface area contributed by atoms with Gasteiger partial charge < -0.3 is 11.1 Å². The smallest absolute Gasteiger partial charge is 0.239 e. The summed E-state index contributed by atoms with van der Waals surface area (Å²) >= 11 is 0. The van der Waals surface area contributed by atoms with Crippen molar-refractivity contribution in [2.24, 2.45) is 11.1 Å². The second kappa shape index (κ2) is 4.65. The fourth-order valence-electron chi connectivity index (χ4n) is 1.28. The minimum Gasteiger partial charge on any atom is -0.322 e. The quantitative estimate of drug-likeness (QED) is 0.814. The molecule has 0 aliphatic carbocycles. The molecule has 16 heavy (non-hydrogen) atoms. The molecule has 1 rings (SSSR count). The van der Waals surface area contributed by atoms with Crippen LogP contribution in [-0.2, 0) is 4.79 Å². The maximum Gasteiger partial charge on any atom is 0.239 e. The van der Waals surface area contributed by atoms with Crippen LogP contribution >= 0.6 is 0 Å². The molecule has 0 fully saturated rings. The van der Waals surface area contributed by atoms with Crippen molar-refractivity contribution in [3.05, 3.63) is 12.3 Å². The van der Waals surface area contributed by atoms with Crippen molar-refractivity contribution in [2.75, 3.05) is 11.9 Å². The Labute approximate surface area is 96.0 Å². The molecule has 0 unspecified atom stereocenters. The third-order valence-corrected chi connectivity index (χ3v) is 2.74. The van der Waals surface area contributed by atoms with E-state index in [-0.39, 0.29) is 23.9 Å². The van der Waals surface area contributed by atoms with E-state index in [0.717, 1.165) is 0 Å². The molecular weight excluding hydrogens is 204 g/mol. The Morgan fingerprint density at radius 2 is 2.25 bits per heavy atom. The molecule has 0 aliphatic rings. The third-order valence-electron chi connectivity index (χ3n) is 2.74. The number of hydrogen-bond donors (Lipinski definition) is 2. The summed E-state index contributed by atoms with van der Waals surface area (Å²) in [6.07, 6.45) is 1.67. The summed E-state index contributed by atoms with van der Waals surface area (Å²) in [7, 11) is 0. The predicted molar refractivity (Wildman–Crippen MR) is 64.1 cm³/mol. The third kappa shape index (κ3) is 2.82. The maximum absolute atomic E-state index is 11.2. The second-order valence-electron chi connectivity index (χ2n) is 4.96. The Balaban J connectivity index is 2.90. The summed E-state index contributed by atoms with van der Waals surface area (Å²) in [5.41, 5.74) is 5.34. The van der Waals surface area contributed by atoms with Crippen molar-refractivity contribution in [1.82, 2.24) is 9.78 Å². The van der Waals surface area contributed by atoms with Crippen LogP contribution in [-0.4, -0.2) is 22.2 Å². The average molecular weight is 224 g/mol. The lowest BCUT2D eigenvalue weighted by Gasteiger charge is -2.28. The molecule has 1 atom stereocenters. The van der Waals surface area contributed by atoms with Crippen molar-refractivity contribution < 1.29 is 4.79 Å². The molecule has 0 saturated carbocycles. The van der Waals surface area contributed by atoms with Gasteiger partial charge in [0.05, 0.1) is 18.8 Å². The number of carbonyl (C=O) groups excluding carboxylic acids is 1. The standard InChI is InChI=1S/C11H20N4O/c1-8(11(2,3)4)15-9(5-6-13-15)14-10(16)7-12/h5-6,8H,7,12H2,1-4H3,(H,14,16)/t8-/m0/s1. The van der Waals surface area contributed by atoms with Crippen LogP contribution < -0.4 is 11.1 Å². The Bertz CT molecular complexity index is 364. The minimum atomic E-state index is -0.206. The maximum atomic E-state index is 11.2. The zero-order valence-corrected chi connectivity index (χ0v) is 10.3. The highest BCUT2D eigenvalue weighted by Crippen LogP contribution is 2.31. The van der Waals surface area contributed by atoms with E-state index in [1.54, 1.807) is 12.3 Å². The first kappa shape index (κ1) is 12.7. The van der Waals surface area contributed by atoms with E-state index in [9.17, 15) is 4.79 Å². The monoisotopic (exact) mass is 224 g/mol. The van der Waals surface area contributed by atoms with Crippen LogP contribution in [0.3, 0.4) is 0 Å². The van der Waals surface area contributed by atoms with Crippen molar-refractivity contribution in [3.63, 3.8) is 0 Å². The highest BCUT2D eigenvalue weighted by Gasteiger charge is 2.24. The molecule has 0 saturated heterocycles. The molecule has 0 spiro atoms. The van der Waals surface area contributed by atoms with E-state index in [4.69, 9.17) is 5.73 Å². The number of nitrogens with one attached hydrogen (secondary N) is 1. The molecule has 1 amide bonds. The van der Waals surface area contributed by atoms with Gasteiger partial charge in [-0.2, -0.15) is 5.10 Å². The first-order valence-corrected chi connectivity index (χ1v) is 5.39. The van der Waals surface area contributed by atoms with E-state index in [2.05, 4.69) is 38.1 Å². The van der Waals surface area contributed by atoms with Gasteiger partial charge >= 0.3 is 0 Å². The molecule has 0 bridgehead atoms. The van der Waals surface area contributed by atoms with Crippen molar-refractivity contribution in [2.45, 2.75) is 33.7 Å². The van der Waals surface area contributed by atoms with Crippen molar-refractivity contribution in [3.8, 4) is 0 Å². The highest BCUT2D eigenvalue weighted by molar-refractivity contribution is 5.91. The number of nitrogens with zero attached hydrogens (tertiary/aromatic N) is 2. The summed E-state index contributed by atoms with van der Waals surface area (Å²) < 4.78 is 1.81. The normalized spacial score (nSPS) is 13.6. The van der Waals surface area contributed by atoms with Gasteiger partial charge in [0.25, 0.3) is 0 Å². The molecule has 0 aromatic carbocycles. The van der Waals surface area contributed by atoms with Gasteiger partial charge in [-0.05, 0) is 12.3 Å². The number of carbonyl (C=O) groups is 1. The summed E-state index contributed by atoms with van der Waals surface area (Å²) in [6.45, 7) is 8.45. The molecule has 90 valence electrons. The first-order valence-electron chi connectivity index (χ1n) is 5.39. The van der Waals surface area contributed by atoms with E-state index < -0.39 is 0 Å². The molecule has 3 N–H and O–H groups in total. The van der Waals surface area contributed by atoms with Gasteiger partial charge in [0.2, 0.25) is 5.91 Å². The van der Waals surface area contributed by atoms with Gasteiger partial charge in [0.15, 0.2) is 0 Å². The first-order chi connectivity index (χ1) is 7.36. The summed E-state index contributed by atoms with van der Waals surface area (Å²) in [4.78, 5) is 11.2. The van der Waals surface area contributed by atoms with Crippen LogP contribution in [0.1, 0.15) is 33.7 Å². The Kier molecular flexibility index (Phi) is 3.70. The molecule has 1 heterocycles. The lowest BCUT2D eigenvalue weighted by molar-refractivity contribution is -0.115. The Hall–Kier alpha value is -1.36. The Morgan fingerprint density at radius 1 is 1.62 bits per heavy atom. The lowest BCUT2D eigenvalue weighted by Crippen LogP contribution is -2.27. The number of nitrogens with two attached hydrogens (primary N) is 1.